The molecular formula is C12H19NO2S. The Morgan fingerprint density at radius 1 is 1.12 bits per heavy atom. The summed E-state index contributed by atoms with van der Waals surface area (Å²) in [4.78, 5) is 0. The van der Waals surface area contributed by atoms with Crippen molar-refractivity contribution in [2.45, 2.75) is 6.42 Å². The molecule has 0 amide bonds. The van der Waals surface area contributed by atoms with Crippen molar-refractivity contribution in [3.63, 3.8) is 0 Å². The Morgan fingerprint density at radius 3 is 2.50 bits per heavy atom. The first kappa shape index (κ1) is 13.4. The maximum atomic E-state index is 5.09. The van der Waals surface area contributed by atoms with Crippen molar-refractivity contribution in [1.29, 1.82) is 0 Å². The van der Waals surface area contributed by atoms with Crippen LogP contribution in [-0.4, -0.2) is 34.0 Å². The topological polar surface area (TPSA) is 21.7 Å². The lowest BCUT2D eigenvalue weighted by Crippen LogP contribution is -2.18. The molecule has 0 saturated carbocycles. The predicted molar refractivity (Wildman–Crippen MR) is 70.2 cm³/mol. The van der Waals surface area contributed by atoms with Gasteiger partial charge < -0.3 is 13.8 Å². The highest BCUT2D eigenvalue weighted by molar-refractivity contribution is 7.81. The van der Waals surface area contributed by atoms with E-state index in [0.717, 1.165) is 25.3 Å². The summed E-state index contributed by atoms with van der Waals surface area (Å²) in [6.07, 6.45) is 0.900. The van der Waals surface area contributed by atoms with Crippen LogP contribution in [-0.2, 0) is 15.9 Å². The molecular weight excluding hydrogens is 222 g/mol. The van der Waals surface area contributed by atoms with Crippen LogP contribution in [0.4, 0.5) is 5.69 Å². The maximum Gasteiger partial charge on any atom is 0.0648 e. The summed E-state index contributed by atoms with van der Waals surface area (Å²) in [6, 6.07) is 8.21. The van der Waals surface area contributed by atoms with Crippen molar-refractivity contribution < 1.29 is 9.47 Å². The second-order valence-corrected chi connectivity index (χ2v) is 3.97. The van der Waals surface area contributed by atoms with Crippen molar-refractivity contribution in [2.75, 3.05) is 38.3 Å². The quantitative estimate of drug-likeness (QED) is 0.739. The average molecular weight is 241 g/mol. The Labute approximate surface area is 103 Å². The Kier molecular flexibility index (Phi) is 6.30. The van der Waals surface area contributed by atoms with Crippen LogP contribution in [0.2, 0.25) is 0 Å². The van der Waals surface area contributed by atoms with E-state index in [0.29, 0.717) is 6.61 Å². The van der Waals surface area contributed by atoms with Crippen LogP contribution in [0.5, 0.6) is 0 Å². The molecule has 0 aliphatic rings. The van der Waals surface area contributed by atoms with Gasteiger partial charge in [0.15, 0.2) is 0 Å². The number of benzene rings is 1. The molecule has 0 aliphatic heterocycles. The molecule has 0 aromatic heterocycles. The van der Waals surface area contributed by atoms with Gasteiger partial charge in [0.25, 0.3) is 0 Å². The highest BCUT2D eigenvalue weighted by Gasteiger charge is 2.06. The monoisotopic (exact) mass is 241 g/mol. The number of rotatable bonds is 7. The molecule has 0 N–H and O–H groups in total. The summed E-state index contributed by atoms with van der Waals surface area (Å²) in [5.41, 5.74) is 2.37. The number of para-hydroxylation sites is 1. The lowest BCUT2D eigenvalue weighted by molar-refractivity contribution is 0.202. The molecule has 0 saturated heterocycles. The van der Waals surface area contributed by atoms with Crippen LogP contribution in [0.25, 0.3) is 0 Å². The Bertz CT molecular complexity index is 307. The lowest BCUT2D eigenvalue weighted by atomic mass is 10.1. The average Bonchev–Trinajstić information content (AvgIpc) is 2.33. The molecule has 0 fully saturated rings. The third-order valence-electron chi connectivity index (χ3n) is 2.35. The van der Waals surface area contributed by atoms with Gasteiger partial charge in [-0.3, -0.25) is 0 Å². The van der Waals surface area contributed by atoms with Crippen LogP contribution in [0.15, 0.2) is 24.3 Å². The highest BCUT2D eigenvalue weighted by atomic mass is 32.1. The van der Waals surface area contributed by atoms with Gasteiger partial charge in [-0.2, -0.15) is 0 Å². The molecule has 3 nitrogen and oxygen atoms in total. The molecule has 0 heterocycles. The number of ether oxygens (including phenoxy) is 2. The van der Waals surface area contributed by atoms with Gasteiger partial charge in [-0.05, 0) is 18.1 Å². The maximum absolute atomic E-state index is 5.09. The van der Waals surface area contributed by atoms with E-state index in [-0.39, 0.29) is 0 Å². The summed E-state index contributed by atoms with van der Waals surface area (Å²) in [7, 11) is 3.41. The van der Waals surface area contributed by atoms with E-state index in [9.17, 15) is 0 Å². The molecule has 1 aromatic carbocycles. The van der Waals surface area contributed by atoms with E-state index < -0.39 is 0 Å². The number of thiol groups is 1. The highest BCUT2D eigenvalue weighted by Crippen LogP contribution is 2.22. The standard InChI is InChI=1S/C12H19NO2S/c1-14-9-7-11-5-3-4-6-12(11)13(16)8-10-15-2/h3-6,16H,7-10H2,1-2H3. The smallest absolute Gasteiger partial charge is 0.0648 e. The van der Waals surface area contributed by atoms with Crippen molar-refractivity contribution in [3.05, 3.63) is 29.8 Å². The second-order valence-electron chi connectivity index (χ2n) is 3.49. The lowest BCUT2D eigenvalue weighted by Gasteiger charge is -2.20. The van der Waals surface area contributed by atoms with E-state index in [1.807, 2.05) is 16.4 Å². The fraction of sp³-hybridized carbons (Fsp3) is 0.500. The first-order valence-corrected chi connectivity index (χ1v) is 5.71. The number of methoxy groups -OCH3 is 2. The molecule has 16 heavy (non-hydrogen) atoms. The summed E-state index contributed by atoms with van der Waals surface area (Å²) in [5, 5.41) is 0. The zero-order valence-electron chi connectivity index (χ0n) is 9.85. The summed E-state index contributed by atoms with van der Waals surface area (Å²) >= 11 is 4.46. The van der Waals surface area contributed by atoms with E-state index in [2.05, 4.69) is 24.9 Å². The molecule has 4 heteroatoms. The molecule has 1 rings (SSSR count). The SMILES string of the molecule is COCCc1ccccc1N(S)CCOC. The zero-order chi connectivity index (χ0) is 11.8. The molecule has 0 unspecified atom stereocenters. The summed E-state index contributed by atoms with van der Waals surface area (Å²) < 4.78 is 12.0. The number of hydrogen-bond acceptors (Lipinski definition) is 4. The number of hydrogen-bond donors (Lipinski definition) is 1. The van der Waals surface area contributed by atoms with Gasteiger partial charge >= 0.3 is 0 Å². The van der Waals surface area contributed by atoms with E-state index in [1.165, 1.54) is 5.56 Å². The van der Waals surface area contributed by atoms with Crippen molar-refractivity contribution in [1.82, 2.24) is 0 Å². The van der Waals surface area contributed by atoms with Crippen LogP contribution in [0, 0.1) is 0 Å². The normalized spacial score (nSPS) is 10.4. The molecule has 0 atom stereocenters. The first-order chi connectivity index (χ1) is 7.79. The van der Waals surface area contributed by atoms with Crippen LogP contribution in [0.1, 0.15) is 5.56 Å². The van der Waals surface area contributed by atoms with Crippen LogP contribution in [0.3, 0.4) is 0 Å². The van der Waals surface area contributed by atoms with Crippen molar-refractivity contribution >= 4 is 18.5 Å². The van der Waals surface area contributed by atoms with Crippen molar-refractivity contribution in [2.24, 2.45) is 0 Å². The van der Waals surface area contributed by atoms with Gasteiger partial charge in [0.2, 0.25) is 0 Å². The van der Waals surface area contributed by atoms with Gasteiger partial charge in [-0.25, -0.2) is 0 Å². The molecule has 90 valence electrons. The Hall–Kier alpha value is -0.710. The number of nitrogens with zero attached hydrogens (tertiary/aromatic N) is 1. The molecule has 1 aromatic rings. The van der Waals surface area contributed by atoms with Gasteiger partial charge in [0, 0.05) is 14.2 Å². The second kappa shape index (κ2) is 7.54. The molecule has 0 bridgehead atoms. The largest absolute Gasteiger partial charge is 0.384 e. The number of anilines is 1. The third kappa shape index (κ3) is 4.04. The van der Waals surface area contributed by atoms with Crippen LogP contribution >= 0.6 is 12.8 Å². The van der Waals surface area contributed by atoms with Gasteiger partial charge in [-0.1, -0.05) is 31.0 Å². The first-order valence-electron chi connectivity index (χ1n) is 5.31. The molecule has 0 aliphatic carbocycles. The molecule has 0 spiro atoms. The fourth-order valence-electron chi connectivity index (χ4n) is 1.48. The molecule has 0 radical (unpaired) electrons. The summed E-state index contributed by atoms with van der Waals surface area (Å²) in [5.74, 6) is 0. The van der Waals surface area contributed by atoms with Crippen molar-refractivity contribution in [3.8, 4) is 0 Å². The fourth-order valence-corrected chi connectivity index (χ4v) is 1.76. The van der Waals surface area contributed by atoms with Gasteiger partial charge in [-0.15, -0.1) is 0 Å². The minimum absolute atomic E-state index is 0.669. The predicted octanol–water partition coefficient (Wildman–Crippen LogP) is 2.17. The summed E-state index contributed by atoms with van der Waals surface area (Å²) in [6.45, 7) is 2.16. The van der Waals surface area contributed by atoms with Crippen LogP contribution < -0.4 is 4.31 Å². The van der Waals surface area contributed by atoms with Gasteiger partial charge in [0.05, 0.1) is 25.4 Å². The van der Waals surface area contributed by atoms with E-state index in [1.54, 1.807) is 14.2 Å². The van der Waals surface area contributed by atoms with E-state index in [4.69, 9.17) is 9.47 Å². The van der Waals surface area contributed by atoms with E-state index >= 15 is 0 Å². The third-order valence-corrected chi connectivity index (χ3v) is 2.77. The Morgan fingerprint density at radius 2 is 1.81 bits per heavy atom. The van der Waals surface area contributed by atoms with Gasteiger partial charge in [0.1, 0.15) is 0 Å². The Balaban J connectivity index is 2.68. The zero-order valence-corrected chi connectivity index (χ0v) is 10.7. The minimum Gasteiger partial charge on any atom is -0.384 e. The minimum atomic E-state index is 0.669.